The van der Waals surface area contributed by atoms with Crippen molar-refractivity contribution < 1.29 is 19.1 Å². The molecule has 29 heavy (non-hydrogen) atoms. The van der Waals surface area contributed by atoms with Crippen LogP contribution in [0.1, 0.15) is 55.8 Å². The lowest BCUT2D eigenvalue weighted by molar-refractivity contribution is 0.111. The lowest BCUT2D eigenvalue weighted by Gasteiger charge is -2.24. The number of aldehydes is 2. The third-order valence-electron chi connectivity index (χ3n) is 5.09. The Bertz CT molecular complexity index is 964. The predicted molar refractivity (Wildman–Crippen MR) is 114 cm³/mol. The van der Waals surface area contributed by atoms with Gasteiger partial charge in [-0.05, 0) is 53.9 Å². The quantitative estimate of drug-likeness (QED) is 0.399. The number of carbonyl (C=O) groups excluding carboxylic acids is 2. The number of hydrogen-bond donors (Lipinski definition) is 0. The Labute approximate surface area is 171 Å². The summed E-state index contributed by atoms with van der Waals surface area (Å²) in [6.07, 6.45) is 2.54. The van der Waals surface area contributed by atoms with Crippen molar-refractivity contribution >= 4 is 12.6 Å². The van der Waals surface area contributed by atoms with Crippen molar-refractivity contribution in [1.29, 1.82) is 0 Å². The van der Waals surface area contributed by atoms with Gasteiger partial charge >= 0.3 is 0 Å². The summed E-state index contributed by atoms with van der Waals surface area (Å²) < 4.78 is 11.3. The van der Waals surface area contributed by atoms with Crippen LogP contribution < -0.4 is 9.47 Å². The van der Waals surface area contributed by atoms with Crippen molar-refractivity contribution in [3.63, 3.8) is 0 Å². The van der Waals surface area contributed by atoms with Gasteiger partial charge in [0.1, 0.15) is 24.1 Å². The van der Waals surface area contributed by atoms with Crippen LogP contribution in [-0.2, 0) is 6.42 Å². The molecule has 0 amide bonds. The number of aryl methyl sites for hydroxylation is 1. The molecule has 4 heteroatoms. The molecule has 0 unspecified atom stereocenters. The maximum absolute atomic E-state index is 11.5. The third-order valence-corrected chi connectivity index (χ3v) is 5.09. The first kappa shape index (κ1) is 20.3. The van der Waals surface area contributed by atoms with E-state index in [0.717, 1.165) is 35.7 Å². The standard InChI is InChI=1S/C25H24O4/c1-4-17-6-5-7-20(12-17)25(21-13-18(15-26)8-10-23(21)28-2)22-14-19(16-27)9-11-24(22)29-3/h5-16,25H,4H2,1-3H3. The minimum absolute atomic E-state index is 0.272. The van der Waals surface area contributed by atoms with Gasteiger partial charge in [0, 0.05) is 28.2 Å². The number of benzene rings is 3. The molecule has 4 nitrogen and oxygen atoms in total. The topological polar surface area (TPSA) is 52.6 Å². The highest BCUT2D eigenvalue weighted by Gasteiger charge is 2.25. The molecule has 3 rings (SSSR count). The van der Waals surface area contributed by atoms with Gasteiger partial charge < -0.3 is 9.47 Å². The van der Waals surface area contributed by atoms with Crippen LogP contribution in [0.25, 0.3) is 0 Å². The van der Waals surface area contributed by atoms with Gasteiger partial charge in [-0.1, -0.05) is 31.2 Å². The lowest BCUT2D eigenvalue weighted by atomic mass is 9.82. The van der Waals surface area contributed by atoms with E-state index in [1.807, 2.05) is 24.3 Å². The van der Waals surface area contributed by atoms with E-state index in [1.54, 1.807) is 38.5 Å². The highest BCUT2D eigenvalue weighted by molar-refractivity contribution is 5.78. The van der Waals surface area contributed by atoms with Crippen LogP contribution in [0.3, 0.4) is 0 Å². The summed E-state index contributed by atoms with van der Waals surface area (Å²) >= 11 is 0. The van der Waals surface area contributed by atoms with E-state index < -0.39 is 0 Å². The SMILES string of the molecule is CCc1cccc(C(c2cc(C=O)ccc2OC)c2cc(C=O)ccc2OC)c1. The molecule has 0 N–H and O–H groups in total. The molecule has 3 aromatic carbocycles. The minimum Gasteiger partial charge on any atom is -0.496 e. The van der Waals surface area contributed by atoms with Crippen LogP contribution in [0.5, 0.6) is 11.5 Å². The summed E-state index contributed by atoms with van der Waals surface area (Å²) in [5, 5.41) is 0. The van der Waals surface area contributed by atoms with E-state index >= 15 is 0 Å². The molecule has 0 radical (unpaired) electrons. The fourth-order valence-corrected chi connectivity index (χ4v) is 3.62. The van der Waals surface area contributed by atoms with Crippen molar-refractivity contribution in [1.82, 2.24) is 0 Å². The van der Waals surface area contributed by atoms with Crippen molar-refractivity contribution in [2.75, 3.05) is 14.2 Å². The average Bonchev–Trinajstić information content (AvgIpc) is 2.79. The summed E-state index contributed by atoms with van der Waals surface area (Å²) in [4.78, 5) is 22.9. The van der Waals surface area contributed by atoms with E-state index in [1.165, 1.54) is 5.56 Å². The summed E-state index contributed by atoms with van der Waals surface area (Å²) in [6, 6.07) is 19.0. The Balaban J connectivity index is 2.35. The summed E-state index contributed by atoms with van der Waals surface area (Å²) in [6.45, 7) is 2.11. The molecule has 3 aromatic rings. The highest BCUT2D eigenvalue weighted by atomic mass is 16.5. The maximum atomic E-state index is 11.5. The number of rotatable bonds is 8. The number of methoxy groups -OCH3 is 2. The highest BCUT2D eigenvalue weighted by Crippen LogP contribution is 2.41. The van der Waals surface area contributed by atoms with Crippen LogP contribution in [0.2, 0.25) is 0 Å². The largest absolute Gasteiger partial charge is 0.496 e. The molecule has 0 aliphatic heterocycles. The van der Waals surface area contributed by atoms with Gasteiger partial charge in [0.2, 0.25) is 0 Å². The van der Waals surface area contributed by atoms with E-state index in [4.69, 9.17) is 9.47 Å². The normalized spacial score (nSPS) is 10.6. The molecule has 148 valence electrons. The lowest BCUT2D eigenvalue weighted by Crippen LogP contribution is -2.09. The smallest absolute Gasteiger partial charge is 0.150 e. The molecule has 0 heterocycles. The molecule has 0 aliphatic carbocycles. The molecular weight excluding hydrogens is 364 g/mol. The van der Waals surface area contributed by atoms with Gasteiger partial charge in [0.15, 0.2) is 0 Å². The van der Waals surface area contributed by atoms with E-state index in [0.29, 0.717) is 22.6 Å². The molecule has 0 spiro atoms. The van der Waals surface area contributed by atoms with Crippen molar-refractivity contribution in [3.05, 3.63) is 94.0 Å². The first-order valence-electron chi connectivity index (χ1n) is 9.50. The van der Waals surface area contributed by atoms with Crippen molar-refractivity contribution in [2.24, 2.45) is 0 Å². The molecule has 0 aliphatic rings. The zero-order valence-electron chi connectivity index (χ0n) is 16.8. The third kappa shape index (κ3) is 4.21. The minimum atomic E-state index is -0.272. The summed E-state index contributed by atoms with van der Waals surface area (Å²) in [5.41, 5.74) is 5.03. The molecule has 0 aromatic heterocycles. The van der Waals surface area contributed by atoms with Crippen LogP contribution in [0.15, 0.2) is 60.7 Å². The molecule has 0 fully saturated rings. The van der Waals surface area contributed by atoms with Gasteiger partial charge in [-0.15, -0.1) is 0 Å². The Morgan fingerprint density at radius 2 is 1.34 bits per heavy atom. The van der Waals surface area contributed by atoms with E-state index in [2.05, 4.69) is 19.1 Å². The summed E-state index contributed by atoms with van der Waals surface area (Å²) in [7, 11) is 3.22. The van der Waals surface area contributed by atoms with Crippen LogP contribution in [0.4, 0.5) is 0 Å². The second-order valence-electron chi connectivity index (χ2n) is 6.77. The first-order valence-corrected chi connectivity index (χ1v) is 9.50. The average molecular weight is 388 g/mol. The Morgan fingerprint density at radius 1 is 0.793 bits per heavy atom. The summed E-state index contributed by atoms with van der Waals surface area (Å²) in [5.74, 6) is 1.06. The molecule has 0 saturated carbocycles. The number of hydrogen-bond acceptors (Lipinski definition) is 4. The monoisotopic (exact) mass is 388 g/mol. The molecule has 0 bridgehead atoms. The van der Waals surface area contributed by atoms with Gasteiger partial charge in [-0.25, -0.2) is 0 Å². The first-order chi connectivity index (χ1) is 14.1. The second kappa shape index (κ2) is 9.20. The van der Waals surface area contributed by atoms with Gasteiger partial charge in [-0.2, -0.15) is 0 Å². The number of ether oxygens (including phenoxy) is 2. The Kier molecular flexibility index (Phi) is 6.45. The Hall–Kier alpha value is -3.40. The van der Waals surface area contributed by atoms with Crippen molar-refractivity contribution in [2.45, 2.75) is 19.3 Å². The zero-order valence-corrected chi connectivity index (χ0v) is 16.8. The van der Waals surface area contributed by atoms with E-state index in [9.17, 15) is 9.59 Å². The van der Waals surface area contributed by atoms with Gasteiger partial charge in [0.25, 0.3) is 0 Å². The maximum Gasteiger partial charge on any atom is 0.150 e. The molecular formula is C25H24O4. The Morgan fingerprint density at radius 3 is 1.79 bits per heavy atom. The molecule has 0 atom stereocenters. The fourth-order valence-electron chi connectivity index (χ4n) is 3.62. The molecule has 0 saturated heterocycles. The predicted octanol–water partition coefficient (Wildman–Crippen LogP) is 5.07. The van der Waals surface area contributed by atoms with E-state index in [-0.39, 0.29) is 5.92 Å². The zero-order chi connectivity index (χ0) is 20.8. The van der Waals surface area contributed by atoms with Crippen LogP contribution in [0, 0.1) is 0 Å². The fraction of sp³-hybridized carbons (Fsp3) is 0.200. The van der Waals surface area contributed by atoms with Gasteiger partial charge in [-0.3, -0.25) is 9.59 Å². The second-order valence-corrected chi connectivity index (χ2v) is 6.77. The van der Waals surface area contributed by atoms with Crippen LogP contribution >= 0.6 is 0 Å². The van der Waals surface area contributed by atoms with Crippen molar-refractivity contribution in [3.8, 4) is 11.5 Å². The van der Waals surface area contributed by atoms with Crippen LogP contribution in [-0.4, -0.2) is 26.8 Å². The number of carbonyl (C=O) groups is 2. The van der Waals surface area contributed by atoms with Gasteiger partial charge in [0.05, 0.1) is 14.2 Å².